The van der Waals surface area contributed by atoms with Crippen molar-refractivity contribution < 1.29 is 0 Å². The molecule has 2 heterocycles. The molecule has 2 aromatic heterocycles. The van der Waals surface area contributed by atoms with E-state index in [0.717, 1.165) is 23.2 Å². The third-order valence-corrected chi connectivity index (χ3v) is 3.50. The number of pyridine rings is 1. The Bertz CT molecular complexity index is 735. The molecule has 3 rings (SSSR count). The second kappa shape index (κ2) is 7.01. The van der Waals surface area contributed by atoms with E-state index in [1.54, 1.807) is 24.8 Å². The van der Waals surface area contributed by atoms with Crippen molar-refractivity contribution in [3.63, 3.8) is 0 Å². The van der Waals surface area contributed by atoms with Gasteiger partial charge in [0.05, 0.1) is 0 Å². The molecule has 0 atom stereocenters. The predicted molar refractivity (Wildman–Crippen MR) is 93.5 cm³/mol. The lowest BCUT2D eigenvalue weighted by atomic mass is 10.0. The molecule has 0 aliphatic rings. The SMILES string of the molecule is CC(C)Cc1ccc(Nc2ncc(-c3cccnc3)cn2)cc1. The summed E-state index contributed by atoms with van der Waals surface area (Å²) in [5.41, 5.74) is 4.30. The molecule has 0 saturated carbocycles. The Balaban J connectivity index is 1.68. The lowest BCUT2D eigenvalue weighted by Gasteiger charge is -2.08. The molecule has 4 heteroatoms. The van der Waals surface area contributed by atoms with Gasteiger partial charge in [-0.05, 0) is 36.1 Å². The van der Waals surface area contributed by atoms with Crippen LogP contribution in [0.15, 0.2) is 61.2 Å². The van der Waals surface area contributed by atoms with Gasteiger partial charge in [0.2, 0.25) is 5.95 Å². The van der Waals surface area contributed by atoms with Crippen LogP contribution in [-0.2, 0) is 6.42 Å². The molecular formula is C19H20N4. The van der Waals surface area contributed by atoms with Crippen LogP contribution in [0.25, 0.3) is 11.1 Å². The van der Waals surface area contributed by atoms with Crippen LogP contribution in [0.1, 0.15) is 19.4 Å². The molecule has 3 aromatic rings. The van der Waals surface area contributed by atoms with Gasteiger partial charge in [-0.2, -0.15) is 0 Å². The molecule has 0 bridgehead atoms. The van der Waals surface area contributed by atoms with Crippen molar-refractivity contribution in [2.24, 2.45) is 5.92 Å². The number of nitrogens with zero attached hydrogens (tertiary/aromatic N) is 3. The van der Waals surface area contributed by atoms with E-state index in [0.29, 0.717) is 11.9 Å². The van der Waals surface area contributed by atoms with E-state index in [1.165, 1.54) is 5.56 Å². The summed E-state index contributed by atoms with van der Waals surface area (Å²) in [6, 6.07) is 12.3. The number of hydrogen-bond donors (Lipinski definition) is 1. The van der Waals surface area contributed by atoms with Gasteiger partial charge in [-0.1, -0.05) is 32.0 Å². The van der Waals surface area contributed by atoms with Gasteiger partial charge in [0.25, 0.3) is 0 Å². The van der Waals surface area contributed by atoms with Crippen molar-refractivity contribution in [3.05, 3.63) is 66.7 Å². The Hall–Kier alpha value is -2.75. The minimum absolute atomic E-state index is 0.592. The highest BCUT2D eigenvalue weighted by Gasteiger charge is 2.02. The summed E-state index contributed by atoms with van der Waals surface area (Å²) < 4.78 is 0. The number of hydrogen-bond acceptors (Lipinski definition) is 4. The van der Waals surface area contributed by atoms with E-state index >= 15 is 0 Å². The summed E-state index contributed by atoms with van der Waals surface area (Å²) in [6.45, 7) is 4.45. The van der Waals surface area contributed by atoms with Gasteiger partial charge in [-0.3, -0.25) is 4.98 Å². The molecule has 0 radical (unpaired) electrons. The lowest BCUT2D eigenvalue weighted by Crippen LogP contribution is -1.98. The Labute approximate surface area is 136 Å². The zero-order valence-electron chi connectivity index (χ0n) is 13.4. The van der Waals surface area contributed by atoms with Gasteiger partial charge in [0, 0.05) is 41.6 Å². The number of nitrogens with one attached hydrogen (secondary N) is 1. The van der Waals surface area contributed by atoms with Crippen LogP contribution in [0.5, 0.6) is 0 Å². The molecule has 23 heavy (non-hydrogen) atoms. The largest absolute Gasteiger partial charge is 0.324 e. The Morgan fingerprint density at radius 1 is 0.913 bits per heavy atom. The highest BCUT2D eigenvalue weighted by Crippen LogP contribution is 2.19. The number of anilines is 2. The van der Waals surface area contributed by atoms with Crippen molar-refractivity contribution in [1.29, 1.82) is 0 Å². The van der Waals surface area contributed by atoms with Crippen LogP contribution >= 0.6 is 0 Å². The second-order valence-electron chi connectivity index (χ2n) is 5.96. The van der Waals surface area contributed by atoms with E-state index in [2.05, 4.69) is 58.4 Å². The molecule has 0 saturated heterocycles. The Morgan fingerprint density at radius 3 is 2.26 bits per heavy atom. The molecule has 0 fully saturated rings. The molecule has 0 aliphatic heterocycles. The van der Waals surface area contributed by atoms with Crippen LogP contribution < -0.4 is 5.32 Å². The van der Waals surface area contributed by atoms with Crippen molar-refractivity contribution in [2.75, 3.05) is 5.32 Å². The molecule has 0 unspecified atom stereocenters. The highest BCUT2D eigenvalue weighted by molar-refractivity contribution is 5.61. The fraction of sp³-hybridized carbons (Fsp3) is 0.211. The van der Waals surface area contributed by atoms with E-state index in [4.69, 9.17) is 0 Å². The maximum absolute atomic E-state index is 4.37. The first kappa shape index (κ1) is 15.2. The summed E-state index contributed by atoms with van der Waals surface area (Å²) in [6.07, 6.45) is 8.26. The third kappa shape index (κ3) is 4.13. The summed E-state index contributed by atoms with van der Waals surface area (Å²) in [7, 11) is 0. The summed E-state index contributed by atoms with van der Waals surface area (Å²) in [4.78, 5) is 12.9. The van der Waals surface area contributed by atoms with Crippen molar-refractivity contribution >= 4 is 11.6 Å². The first-order valence-corrected chi connectivity index (χ1v) is 7.79. The number of benzene rings is 1. The van der Waals surface area contributed by atoms with Crippen LogP contribution in [0.4, 0.5) is 11.6 Å². The van der Waals surface area contributed by atoms with Gasteiger partial charge in [0.15, 0.2) is 0 Å². The monoisotopic (exact) mass is 304 g/mol. The molecule has 0 spiro atoms. The molecule has 1 aromatic carbocycles. The van der Waals surface area contributed by atoms with Gasteiger partial charge >= 0.3 is 0 Å². The zero-order valence-corrected chi connectivity index (χ0v) is 13.4. The van der Waals surface area contributed by atoms with Crippen molar-refractivity contribution in [2.45, 2.75) is 20.3 Å². The third-order valence-electron chi connectivity index (χ3n) is 3.50. The fourth-order valence-corrected chi connectivity index (χ4v) is 2.40. The topological polar surface area (TPSA) is 50.7 Å². The zero-order chi connectivity index (χ0) is 16.1. The smallest absolute Gasteiger partial charge is 0.227 e. The minimum Gasteiger partial charge on any atom is -0.324 e. The molecule has 0 aliphatic carbocycles. The van der Waals surface area contributed by atoms with Crippen molar-refractivity contribution in [3.8, 4) is 11.1 Å². The van der Waals surface area contributed by atoms with Crippen LogP contribution in [-0.4, -0.2) is 15.0 Å². The molecular weight excluding hydrogens is 284 g/mol. The predicted octanol–water partition coefficient (Wildman–Crippen LogP) is 4.48. The minimum atomic E-state index is 0.592. The average molecular weight is 304 g/mol. The first-order chi connectivity index (χ1) is 11.2. The summed E-state index contributed by atoms with van der Waals surface area (Å²) >= 11 is 0. The van der Waals surface area contributed by atoms with Gasteiger partial charge in [-0.15, -0.1) is 0 Å². The van der Waals surface area contributed by atoms with Crippen LogP contribution in [0.3, 0.4) is 0 Å². The van der Waals surface area contributed by atoms with Crippen molar-refractivity contribution in [1.82, 2.24) is 15.0 Å². The van der Waals surface area contributed by atoms with Crippen LogP contribution in [0.2, 0.25) is 0 Å². The van der Waals surface area contributed by atoms with E-state index in [9.17, 15) is 0 Å². The van der Waals surface area contributed by atoms with E-state index < -0.39 is 0 Å². The number of aromatic nitrogens is 3. The maximum Gasteiger partial charge on any atom is 0.227 e. The molecule has 116 valence electrons. The Kier molecular flexibility index (Phi) is 4.62. The average Bonchev–Trinajstić information content (AvgIpc) is 2.58. The molecule has 4 nitrogen and oxygen atoms in total. The van der Waals surface area contributed by atoms with E-state index in [1.807, 2.05) is 12.1 Å². The van der Waals surface area contributed by atoms with Gasteiger partial charge in [-0.25, -0.2) is 9.97 Å². The standard InChI is InChI=1S/C19H20N4/c1-14(2)10-15-5-7-18(8-6-15)23-19-21-12-17(13-22-19)16-4-3-9-20-11-16/h3-9,11-14H,10H2,1-2H3,(H,21,22,23). The van der Waals surface area contributed by atoms with Gasteiger partial charge < -0.3 is 5.32 Å². The van der Waals surface area contributed by atoms with Gasteiger partial charge in [0.1, 0.15) is 0 Å². The maximum atomic E-state index is 4.37. The van der Waals surface area contributed by atoms with Crippen LogP contribution in [0, 0.1) is 5.92 Å². The normalized spacial score (nSPS) is 10.7. The summed E-state index contributed by atoms with van der Waals surface area (Å²) in [5.74, 6) is 1.26. The second-order valence-corrected chi connectivity index (χ2v) is 5.96. The molecule has 1 N–H and O–H groups in total. The first-order valence-electron chi connectivity index (χ1n) is 7.79. The number of rotatable bonds is 5. The summed E-state index contributed by atoms with van der Waals surface area (Å²) in [5, 5.41) is 3.23. The van der Waals surface area contributed by atoms with E-state index in [-0.39, 0.29) is 0 Å². The highest BCUT2D eigenvalue weighted by atomic mass is 15.1. The molecule has 0 amide bonds. The lowest BCUT2D eigenvalue weighted by molar-refractivity contribution is 0.647. The fourth-order valence-electron chi connectivity index (χ4n) is 2.40. The Morgan fingerprint density at radius 2 is 1.65 bits per heavy atom. The quantitative estimate of drug-likeness (QED) is 0.755.